The van der Waals surface area contributed by atoms with Gasteiger partial charge in [0, 0.05) is 34.1 Å². The molecule has 0 amide bonds. The van der Waals surface area contributed by atoms with Gasteiger partial charge in [0.05, 0.1) is 45.7 Å². The molecule has 3 fully saturated rings. The maximum Gasteiger partial charge on any atom is 0.303 e. The standard InChI is InChI=1S/C54H64O19/c1-33(56)62-32-45-47(49(67-35(3)58)50(52(60)69-45)68-36(4)59)73-53-42(66-34(2)57)25-41(43(26-55)71-53)70-54-51(65-30-40-23-15-8-16-24-40)48(64-29-39-21-13-7-14-22-39)46(63-28-38-19-11-6-12-20-38)44(72-54)31-61-27-37-17-9-5-10-18-37/h5-24,41-55,60H,25-32H2,1-4H3/t41-,42-,43-,44-,45-,46+,47-,48+,49+,50-,51-,52-,53+,54+/m1/s1. The highest BCUT2D eigenvalue weighted by Gasteiger charge is 2.55. The van der Waals surface area contributed by atoms with E-state index in [9.17, 15) is 29.4 Å². The van der Waals surface area contributed by atoms with E-state index in [-0.39, 0.29) is 39.5 Å². The number of aliphatic hydroxyl groups excluding tert-OH is 2. The van der Waals surface area contributed by atoms with E-state index in [2.05, 4.69) is 0 Å². The number of hydrogen-bond donors (Lipinski definition) is 2. The lowest BCUT2D eigenvalue weighted by atomic mass is 9.96. The van der Waals surface area contributed by atoms with Crippen molar-refractivity contribution in [3.05, 3.63) is 144 Å². The highest BCUT2D eigenvalue weighted by Crippen LogP contribution is 2.37. The van der Waals surface area contributed by atoms with E-state index in [1.54, 1.807) is 0 Å². The van der Waals surface area contributed by atoms with Gasteiger partial charge in [-0.2, -0.15) is 0 Å². The molecule has 19 nitrogen and oxygen atoms in total. The molecule has 0 aliphatic carbocycles. The largest absolute Gasteiger partial charge is 0.463 e. The lowest BCUT2D eigenvalue weighted by Crippen LogP contribution is -2.65. The predicted molar refractivity (Wildman–Crippen MR) is 254 cm³/mol. The fourth-order valence-electron chi connectivity index (χ4n) is 8.80. The van der Waals surface area contributed by atoms with Crippen LogP contribution in [0.1, 0.15) is 56.4 Å². The van der Waals surface area contributed by atoms with Gasteiger partial charge in [0.1, 0.15) is 49.3 Å². The molecule has 0 bridgehead atoms. The molecule has 394 valence electrons. The number of carbonyl (C=O) groups excluding carboxylic acids is 4. The van der Waals surface area contributed by atoms with E-state index in [0.29, 0.717) is 0 Å². The van der Waals surface area contributed by atoms with Crippen LogP contribution >= 0.6 is 0 Å². The van der Waals surface area contributed by atoms with Crippen molar-refractivity contribution in [2.75, 3.05) is 19.8 Å². The third-order valence-electron chi connectivity index (χ3n) is 12.1. The maximum absolute atomic E-state index is 12.9. The Hall–Kier alpha value is -5.68. The van der Waals surface area contributed by atoms with Crippen molar-refractivity contribution in [1.82, 2.24) is 0 Å². The minimum absolute atomic E-state index is 0.0197. The molecule has 0 aromatic heterocycles. The summed E-state index contributed by atoms with van der Waals surface area (Å²) in [6, 6.07) is 38.5. The van der Waals surface area contributed by atoms with Gasteiger partial charge in [0.15, 0.2) is 37.2 Å². The van der Waals surface area contributed by atoms with E-state index < -0.39 is 123 Å². The third kappa shape index (κ3) is 16.2. The Labute approximate surface area is 423 Å². The van der Waals surface area contributed by atoms with Crippen LogP contribution in [0.5, 0.6) is 0 Å². The van der Waals surface area contributed by atoms with Crippen LogP contribution in [0.25, 0.3) is 0 Å². The molecule has 7 rings (SSSR count). The summed E-state index contributed by atoms with van der Waals surface area (Å²) in [5.74, 6) is -3.15. The van der Waals surface area contributed by atoms with E-state index in [4.69, 9.17) is 61.6 Å². The second kappa shape index (κ2) is 27.6. The van der Waals surface area contributed by atoms with Crippen LogP contribution in [-0.4, -0.2) is 140 Å². The van der Waals surface area contributed by atoms with Crippen LogP contribution < -0.4 is 0 Å². The molecule has 4 aromatic carbocycles. The van der Waals surface area contributed by atoms with E-state index in [0.717, 1.165) is 43.0 Å². The SMILES string of the molecule is CC(=O)OC[C@H]1O[C@@H](O)[C@H](OC(C)=O)[C@@H](OC(C)=O)[C@@H]1O[C@@H]1O[C@H](CO)[C@H](O[C@H]2O[C@H](COCc3ccccc3)[C@H](OCc3ccccc3)[C@H](OCc3ccccc3)[C@H]2OCc2ccccc2)C[C@H]1OC(C)=O. The van der Waals surface area contributed by atoms with Crippen molar-refractivity contribution in [2.24, 2.45) is 0 Å². The summed E-state index contributed by atoms with van der Waals surface area (Å²) in [5.41, 5.74) is 3.56. The Morgan fingerprint density at radius 2 is 0.932 bits per heavy atom. The van der Waals surface area contributed by atoms with Gasteiger partial charge >= 0.3 is 23.9 Å². The minimum Gasteiger partial charge on any atom is -0.463 e. The Bertz CT molecular complexity index is 2310. The first kappa shape index (κ1) is 55.1. The fraction of sp³-hybridized carbons (Fsp3) is 0.481. The molecule has 73 heavy (non-hydrogen) atoms. The summed E-state index contributed by atoms with van der Waals surface area (Å²) >= 11 is 0. The molecule has 3 saturated heterocycles. The van der Waals surface area contributed by atoms with Gasteiger partial charge in [-0.15, -0.1) is 0 Å². The van der Waals surface area contributed by atoms with Crippen molar-refractivity contribution < 1.29 is 91.0 Å². The predicted octanol–water partition coefficient (Wildman–Crippen LogP) is 4.64. The van der Waals surface area contributed by atoms with Crippen molar-refractivity contribution >= 4 is 23.9 Å². The van der Waals surface area contributed by atoms with Crippen molar-refractivity contribution in [3.63, 3.8) is 0 Å². The molecule has 0 radical (unpaired) electrons. The first-order valence-corrected chi connectivity index (χ1v) is 24.1. The minimum atomic E-state index is -1.86. The van der Waals surface area contributed by atoms with Crippen LogP contribution in [0, 0.1) is 0 Å². The lowest BCUT2D eigenvalue weighted by molar-refractivity contribution is -0.370. The Morgan fingerprint density at radius 3 is 1.44 bits per heavy atom. The van der Waals surface area contributed by atoms with Gasteiger partial charge in [0.2, 0.25) is 0 Å². The van der Waals surface area contributed by atoms with Gasteiger partial charge in [-0.3, -0.25) is 19.2 Å². The number of ether oxygens (including phenoxy) is 13. The van der Waals surface area contributed by atoms with Gasteiger partial charge in [-0.1, -0.05) is 121 Å². The molecular formula is C54H64O19. The van der Waals surface area contributed by atoms with E-state index >= 15 is 0 Å². The Balaban J connectivity index is 1.22. The Kier molecular flexibility index (Phi) is 20.8. The zero-order valence-electron chi connectivity index (χ0n) is 41.1. The second-order valence-electron chi connectivity index (χ2n) is 17.7. The summed E-state index contributed by atoms with van der Waals surface area (Å²) in [4.78, 5) is 49.6. The second-order valence-corrected chi connectivity index (χ2v) is 17.7. The molecule has 2 N–H and O–H groups in total. The number of esters is 4. The van der Waals surface area contributed by atoms with Crippen LogP contribution in [0.3, 0.4) is 0 Å². The number of carbonyl (C=O) groups is 4. The third-order valence-corrected chi connectivity index (χ3v) is 12.1. The number of hydrogen-bond acceptors (Lipinski definition) is 19. The zero-order valence-corrected chi connectivity index (χ0v) is 41.1. The molecular weight excluding hydrogens is 953 g/mol. The average Bonchev–Trinajstić information content (AvgIpc) is 3.37. The average molecular weight is 1020 g/mol. The van der Waals surface area contributed by atoms with Gasteiger partial charge in [0.25, 0.3) is 0 Å². The van der Waals surface area contributed by atoms with Gasteiger partial charge in [-0.25, -0.2) is 0 Å². The molecule has 14 atom stereocenters. The number of benzene rings is 4. The summed E-state index contributed by atoms with van der Waals surface area (Å²) in [6.45, 7) is 4.01. The lowest BCUT2D eigenvalue weighted by Gasteiger charge is -2.49. The molecule has 0 unspecified atom stereocenters. The van der Waals surface area contributed by atoms with Crippen molar-refractivity contribution in [3.8, 4) is 0 Å². The maximum atomic E-state index is 12.9. The van der Waals surface area contributed by atoms with Crippen LogP contribution in [-0.2, 0) is 107 Å². The fourth-order valence-corrected chi connectivity index (χ4v) is 8.80. The number of rotatable bonds is 23. The van der Waals surface area contributed by atoms with Crippen LogP contribution in [0.15, 0.2) is 121 Å². The summed E-state index contributed by atoms with van der Waals surface area (Å²) in [6.07, 6.45) is -18.1. The topological polar surface area (TPSA) is 229 Å². The van der Waals surface area contributed by atoms with E-state index in [1.165, 1.54) is 6.92 Å². The summed E-state index contributed by atoms with van der Waals surface area (Å²) in [5, 5.41) is 22.0. The smallest absolute Gasteiger partial charge is 0.303 e. The molecule has 3 aliphatic heterocycles. The monoisotopic (exact) mass is 1020 g/mol. The molecule has 4 aromatic rings. The molecule has 0 saturated carbocycles. The molecule has 19 heteroatoms. The molecule has 0 spiro atoms. The van der Waals surface area contributed by atoms with Gasteiger partial charge < -0.3 is 71.8 Å². The Morgan fingerprint density at radius 1 is 0.466 bits per heavy atom. The number of aliphatic hydroxyl groups is 2. The zero-order chi connectivity index (χ0) is 51.7. The summed E-state index contributed by atoms with van der Waals surface area (Å²) in [7, 11) is 0. The van der Waals surface area contributed by atoms with Crippen LogP contribution in [0.2, 0.25) is 0 Å². The summed E-state index contributed by atoms with van der Waals surface area (Å²) < 4.78 is 81.1. The normalized spacial score (nSPS) is 29.1. The first-order chi connectivity index (χ1) is 35.3. The molecule has 3 aliphatic rings. The highest BCUT2D eigenvalue weighted by atomic mass is 16.8. The molecule has 3 heterocycles. The van der Waals surface area contributed by atoms with E-state index in [1.807, 2.05) is 121 Å². The first-order valence-electron chi connectivity index (χ1n) is 24.1. The van der Waals surface area contributed by atoms with Crippen LogP contribution in [0.4, 0.5) is 0 Å². The highest BCUT2D eigenvalue weighted by molar-refractivity contribution is 5.68. The quantitative estimate of drug-likeness (QED) is 0.0762. The van der Waals surface area contributed by atoms with Gasteiger partial charge in [-0.05, 0) is 22.3 Å². The van der Waals surface area contributed by atoms with Crippen molar-refractivity contribution in [1.29, 1.82) is 0 Å². The van der Waals surface area contributed by atoms with Crippen molar-refractivity contribution in [2.45, 2.75) is 147 Å².